The summed E-state index contributed by atoms with van der Waals surface area (Å²) in [6.45, 7) is 11.2. The first kappa shape index (κ1) is 19.0. The van der Waals surface area contributed by atoms with E-state index in [4.69, 9.17) is 4.74 Å². The lowest BCUT2D eigenvalue weighted by molar-refractivity contribution is -0.133. The number of hydrogen-bond acceptors (Lipinski definition) is 4. The molecule has 1 aliphatic carbocycles. The molecule has 1 saturated carbocycles. The van der Waals surface area contributed by atoms with Crippen LogP contribution in [0.1, 0.15) is 58.8 Å². The summed E-state index contributed by atoms with van der Waals surface area (Å²) in [6, 6.07) is -0.616. The van der Waals surface area contributed by atoms with Crippen molar-refractivity contribution in [3.8, 4) is 0 Å². The number of nitrogens with one attached hydrogen (secondary N) is 1. The van der Waals surface area contributed by atoms with Crippen LogP contribution < -0.4 is 0 Å². The van der Waals surface area contributed by atoms with E-state index in [0.717, 1.165) is 12.8 Å². The number of ether oxygens (including phenoxy) is 1. The summed E-state index contributed by atoms with van der Waals surface area (Å²) in [5.41, 5.74) is 1.91. The van der Waals surface area contributed by atoms with Crippen LogP contribution in [0.3, 0.4) is 0 Å². The Morgan fingerprint density at radius 3 is 2.52 bits per heavy atom. The average Bonchev–Trinajstić information content (AvgIpc) is 3.37. The lowest BCUT2D eigenvalue weighted by Crippen LogP contribution is -2.44. The average molecular weight is 346 g/mol. The molecule has 25 heavy (non-hydrogen) atoms. The van der Waals surface area contributed by atoms with Crippen LogP contribution >= 0.6 is 0 Å². The maximum Gasteiger partial charge on any atom is 0.355 e. The summed E-state index contributed by atoms with van der Waals surface area (Å²) in [5.74, 6) is -0.639. The van der Waals surface area contributed by atoms with Gasteiger partial charge in [0.05, 0.1) is 12.6 Å². The minimum absolute atomic E-state index is 0.00259. The molecule has 1 atom stereocenters. The molecule has 1 aliphatic rings. The second-order valence-corrected chi connectivity index (χ2v) is 6.44. The van der Waals surface area contributed by atoms with Crippen molar-refractivity contribution in [1.82, 2.24) is 9.88 Å². The van der Waals surface area contributed by atoms with Gasteiger partial charge in [0.2, 0.25) is 5.91 Å². The van der Waals surface area contributed by atoms with Crippen LogP contribution in [0.25, 0.3) is 0 Å². The maximum absolute atomic E-state index is 13.0. The molecule has 0 saturated heterocycles. The Labute approximate surface area is 148 Å². The van der Waals surface area contributed by atoms with Crippen molar-refractivity contribution in [3.05, 3.63) is 35.2 Å². The third kappa shape index (κ3) is 3.83. The van der Waals surface area contributed by atoms with E-state index >= 15 is 0 Å². The van der Waals surface area contributed by atoms with Gasteiger partial charge in [0, 0.05) is 23.7 Å². The molecule has 0 bridgehead atoms. The molecule has 1 fully saturated rings. The fraction of sp³-hybridized carbons (Fsp3) is 0.526. The number of esters is 1. The monoisotopic (exact) mass is 346 g/mol. The van der Waals surface area contributed by atoms with E-state index in [2.05, 4.69) is 11.6 Å². The number of ketones is 1. The molecule has 6 nitrogen and oxygen atoms in total. The lowest BCUT2D eigenvalue weighted by atomic mass is 9.99. The number of Topliss-reactive ketones (excluding diaryl/α,β-unsaturated/α-hetero) is 1. The quantitative estimate of drug-likeness (QED) is 0.446. The first-order valence-corrected chi connectivity index (χ1v) is 8.65. The Kier molecular flexibility index (Phi) is 5.82. The van der Waals surface area contributed by atoms with Crippen LogP contribution in [0.15, 0.2) is 12.7 Å². The molecule has 136 valence electrons. The predicted octanol–water partition coefficient (Wildman–Crippen LogP) is 2.80. The highest BCUT2D eigenvalue weighted by Crippen LogP contribution is 2.32. The number of carbonyl (C=O) groups is 3. The zero-order valence-electron chi connectivity index (χ0n) is 15.3. The van der Waals surface area contributed by atoms with Gasteiger partial charge in [-0.1, -0.05) is 6.08 Å². The number of aromatic nitrogens is 1. The molecule has 2 rings (SSSR count). The number of amides is 1. The van der Waals surface area contributed by atoms with Crippen molar-refractivity contribution < 1.29 is 19.1 Å². The second-order valence-electron chi connectivity index (χ2n) is 6.44. The van der Waals surface area contributed by atoms with E-state index in [1.165, 1.54) is 0 Å². The molecule has 0 unspecified atom stereocenters. The Hall–Kier alpha value is -2.37. The molecule has 0 aromatic carbocycles. The van der Waals surface area contributed by atoms with Gasteiger partial charge in [0.15, 0.2) is 5.78 Å². The van der Waals surface area contributed by atoms with E-state index in [9.17, 15) is 14.4 Å². The Bertz CT molecular complexity index is 701. The molecule has 0 aliphatic heterocycles. The standard InChI is InChI=1S/C19H26N2O4/c1-6-10-21(18(23)14-8-9-14)13(5)17(22)15-11(3)16(20-12(15)4)19(24)25-7-2/h6,13-14,20H,1,7-10H2,2-5H3/t13-/m0/s1. The lowest BCUT2D eigenvalue weighted by Gasteiger charge is -2.27. The van der Waals surface area contributed by atoms with Gasteiger partial charge in [0.1, 0.15) is 5.69 Å². The number of rotatable bonds is 8. The highest BCUT2D eigenvalue weighted by atomic mass is 16.5. The van der Waals surface area contributed by atoms with Gasteiger partial charge >= 0.3 is 5.97 Å². The summed E-state index contributed by atoms with van der Waals surface area (Å²) in [5, 5.41) is 0. The van der Waals surface area contributed by atoms with Crippen LogP contribution in [0, 0.1) is 19.8 Å². The molecule has 6 heteroatoms. The Morgan fingerprint density at radius 1 is 1.36 bits per heavy atom. The zero-order valence-corrected chi connectivity index (χ0v) is 15.3. The number of hydrogen-bond donors (Lipinski definition) is 1. The number of aromatic amines is 1. The zero-order chi connectivity index (χ0) is 18.7. The number of H-pyrrole nitrogens is 1. The smallest absolute Gasteiger partial charge is 0.355 e. The van der Waals surface area contributed by atoms with Gasteiger partial charge in [-0.05, 0) is 46.1 Å². The third-order valence-corrected chi connectivity index (χ3v) is 4.55. The molecular formula is C19H26N2O4. The van der Waals surface area contributed by atoms with Gasteiger partial charge in [-0.25, -0.2) is 4.79 Å². The van der Waals surface area contributed by atoms with Crippen molar-refractivity contribution in [2.24, 2.45) is 5.92 Å². The van der Waals surface area contributed by atoms with Crippen molar-refractivity contribution >= 4 is 17.7 Å². The van der Waals surface area contributed by atoms with Crippen LogP contribution in [0.5, 0.6) is 0 Å². The van der Waals surface area contributed by atoms with Gasteiger partial charge < -0.3 is 14.6 Å². The molecule has 0 radical (unpaired) electrons. The summed E-state index contributed by atoms with van der Waals surface area (Å²) in [4.78, 5) is 42.1. The van der Waals surface area contributed by atoms with Gasteiger partial charge in [0.25, 0.3) is 0 Å². The van der Waals surface area contributed by atoms with E-state index in [0.29, 0.717) is 29.1 Å². The van der Waals surface area contributed by atoms with E-state index < -0.39 is 12.0 Å². The van der Waals surface area contributed by atoms with Crippen molar-refractivity contribution in [2.45, 2.75) is 46.6 Å². The van der Waals surface area contributed by atoms with Crippen LogP contribution in [-0.2, 0) is 9.53 Å². The van der Waals surface area contributed by atoms with Crippen molar-refractivity contribution in [3.63, 3.8) is 0 Å². The highest BCUT2D eigenvalue weighted by molar-refractivity contribution is 6.06. The Balaban J connectivity index is 2.30. The van der Waals surface area contributed by atoms with Crippen LogP contribution in [0.4, 0.5) is 0 Å². The maximum atomic E-state index is 13.0. The molecule has 1 N–H and O–H groups in total. The van der Waals surface area contributed by atoms with Gasteiger partial charge in [-0.2, -0.15) is 0 Å². The molecule has 1 aromatic heterocycles. The summed E-state index contributed by atoms with van der Waals surface area (Å²) in [6.07, 6.45) is 3.39. The largest absolute Gasteiger partial charge is 0.461 e. The molecule has 1 heterocycles. The van der Waals surface area contributed by atoms with E-state index in [1.54, 1.807) is 38.7 Å². The summed E-state index contributed by atoms with van der Waals surface area (Å²) in [7, 11) is 0. The topological polar surface area (TPSA) is 79.5 Å². The molecule has 0 spiro atoms. The fourth-order valence-corrected chi connectivity index (χ4v) is 3.02. The van der Waals surface area contributed by atoms with Crippen LogP contribution in [0.2, 0.25) is 0 Å². The first-order valence-electron chi connectivity index (χ1n) is 8.65. The fourth-order valence-electron chi connectivity index (χ4n) is 3.02. The van der Waals surface area contributed by atoms with Gasteiger partial charge in [-0.3, -0.25) is 9.59 Å². The van der Waals surface area contributed by atoms with Crippen LogP contribution in [-0.4, -0.2) is 46.7 Å². The number of carbonyl (C=O) groups excluding carboxylic acids is 3. The molecule has 1 amide bonds. The molecular weight excluding hydrogens is 320 g/mol. The predicted molar refractivity (Wildman–Crippen MR) is 94.6 cm³/mol. The summed E-state index contributed by atoms with van der Waals surface area (Å²) >= 11 is 0. The molecule has 1 aromatic rings. The highest BCUT2D eigenvalue weighted by Gasteiger charge is 2.37. The Morgan fingerprint density at radius 2 is 2.00 bits per heavy atom. The third-order valence-electron chi connectivity index (χ3n) is 4.55. The SMILES string of the molecule is C=CCN(C(=O)C1CC1)[C@@H](C)C(=O)c1c(C)[nH]c(C(=O)OCC)c1C. The van der Waals surface area contributed by atoms with E-state index in [-0.39, 0.29) is 24.2 Å². The number of aryl methyl sites for hydroxylation is 1. The first-order chi connectivity index (χ1) is 11.8. The minimum Gasteiger partial charge on any atom is -0.461 e. The van der Waals surface area contributed by atoms with Crippen molar-refractivity contribution in [2.75, 3.05) is 13.2 Å². The van der Waals surface area contributed by atoms with Crippen molar-refractivity contribution in [1.29, 1.82) is 0 Å². The second kappa shape index (κ2) is 7.68. The minimum atomic E-state index is -0.616. The normalized spacial score (nSPS) is 14.7. The van der Waals surface area contributed by atoms with Gasteiger partial charge in [-0.15, -0.1) is 6.58 Å². The number of nitrogens with zero attached hydrogens (tertiary/aromatic N) is 1. The van der Waals surface area contributed by atoms with E-state index in [1.807, 2.05) is 0 Å². The summed E-state index contributed by atoms with van der Waals surface area (Å²) < 4.78 is 5.02.